The average molecular weight is 335 g/mol. The molecular formula is C19H21N5O. The number of rotatable bonds is 4. The smallest absolute Gasteiger partial charge is 0.205 e. The van der Waals surface area contributed by atoms with Gasteiger partial charge in [-0.2, -0.15) is 0 Å². The molecule has 4 rings (SSSR count). The molecule has 2 aliphatic heterocycles. The molecule has 0 radical (unpaired) electrons. The number of nitrogens with zero attached hydrogens (tertiary/aromatic N) is 2. The molecule has 128 valence electrons. The molecule has 0 aromatic heterocycles. The van der Waals surface area contributed by atoms with Crippen LogP contribution in [0.25, 0.3) is 0 Å². The van der Waals surface area contributed by atoms with Gasteiger partial charge in [0.15, 0.2) is 11.6 Å². The molecule has 2 heterocycles. The Hall–Kier alpha value is -2.86. The minimum atomic E-state index is -0.779. The van der Waals surface area contributed by atoms with E-state index in [0.29, 0.717) is 18.3 Å². The second-order valence-corrected chi connectivity index (χ2v) is 6.24. The standard InChI is InChI=1S/C19H21N5O/c20-17-22-18(21-15-9-5-2-6-10-15)24-19(23-17,13-16-11-12-25-16)14-7-3-1-4-8-14/h1-10,16H,11-13H2,(H4,20,21,22,23,24). The van der Waals surface area contributed by atoms with Crippen LogP contribution < -0.4 is 16.4 Å². The largest absolute Gasteiger partial charge is 0.378 e. The third kappa shape index (κ3) is 3.34. The second kappa shape index (κ2) is 6.57. The fourth-order valence-corrected chi connectivity index (χ4v) is 3.11. The highest BCUT2D eigenvalue weighted by Gasteiger charge is 2.39. The Morgan fingerprint density at radius 3 is 2.40 bits per heavy atom. The van der Waals surface area contributed by atoms with Crippen LogP contribution in [-0.4, -0.2) is 24.6 Å². The highest BCUT2D eigenvalue weighted by Crippen LogP contribution is 2.37. The fraction of sp³-hybridized carbons (Fsp3) is 0.263. The topological polar surface area (TPSA) is 84.0 Å². The van der Waals surface area contributed by atoms with Crippen molar-refractivity contribution in [3.05, 3.63) is 66.2 Å². The van der Waals surface area contributed by atoms with Crippen molar-refractivity contribution in [2.45, 2.75) is 24.6 Å². The number of ether oxygens (including phenoxy) is 1. The van der Waals surface area contributed by atoms with Crippen molar-refractivity contribution in [3.63, 3.8) is 0 Å². The number of anilines is 1. The minimum absolute atomic E-state index is 0.150. The first-order valence-corrected chi connectivity index (χ1v) is 8.45. The van der Waals surface area contributed by atoms with E-state index >= 15 is 0 Å². The third-order valence-electron chi connectivity index (χ3n) is 4.43. The van der Waals surface area contributed by atoms with Crippen LogP contribution in [-0.2, 0) is 10.4 Å². The van der Waals surface area contributed by atoms with E-state index in [4.69, 9.17) is 15.5 Å². The van der Waals surface area contributed by atoms with Gasteiger partial charge in [-0.05, 0) is 18.6 Å². The van der Waals surface area contributed by atoms with Gasteiger partial charge in [-0.15, -0.1) is 0 Å². The highest BCUT2D eigenvalue weighted by molar-refractivity contribution is 6.06. The number of benzene rings is 2. The van der Waals surface area contributed by atoms with E-state index in [9.17, 15) is 0 Å². The van der Waals surface area contributed by atoms with Crippen molar-refractivity contribution >= 4 is 17.6 Å². The molecule has 0 amide bonds. The van der Waals surface area contributed by atoms with Gasteiger partial charge in [0.05, 0.1) is 6.10 Å². The maximum absolute atomic E-state index is 6.10. The van der Waals surface area contributed by atoms with Crippen LogP contribution >= 0.6 is 0 Å². The molecule has 2 aliphatic rings. The summed E-state index contributed by atoms with van der Waals surface area (Å²) in [7, 11) is 0. The van der Waals surface area contributed by atoms with Crippen molar-refractivity contribution in [1.29, 1.82) is 0 Å². The summed E-state index contributed by atoms with van der Waals surface area (Å²) in [6, 6.07) is 19.9. The SMILES string of the molecule is NC1=NC(CC2CCO2)(c2ccccc2)N=C(Nc2ccccc2)N1. The van der Waals surface area contributed by atoms with E-state index in [2.05, 4.69) is 15.6 Å². The van der Waals surface area contributed by atoms with Crippen molar-refractivity contribution in [2.75, 3.05) is 11.9 Å². The van der Waals surface area contributed by atoms with Gasteiger partial charge in [-0.1, -0.05) is 48.5 Å². The monoisotopic (exact) mass is 335 g/mol. The maximum atomic E-state index is 6.10. The van der Waals surface area contributed by atoms with E-state index in [0.717, 1.165) is 24.3 Å². The van der Waals surface area contributed by atoms with Gasteiger partial charge in [0.25, 0.3) is 0 Å². The Bertz CT molecular complexity index is 786. The van der Waals surface area contributed by atoms with Gasteiger partial charge >= 0.3 is 0 Å². The summed E-state index contributed by atoms with van der Waals surface area (Å²) >= 11 is 0. The van der Waals surface area contributed by atoms with E-state index < -0.39 is 5.66 Å². The Labute approximate surface area is 146 Å². The van der Waals surface area contributed by atoms with E-state index in [1.54, 1.807) is 0 Å². The van der Waals surface area contributed by atoms with Gasteiger partial charge < -0.3 is 15.8 Å². The number of nitrogens with one attached hydrogen (secondary N) is 2. The molecule has 4 N–H and O–H groups in total. The second-order valence-electron chi connectivity index (χ2n) is 6.24. The van der Waals surface area contributed by atoms with Gasteiger partial charge in [0.1, 0.15) is 0 Å². The first-order chi connectivity index (χ1) is 12.2. The number of hydrogen-bond donors (Lipinski definition) is 3. The normalized spacial score (nSPS) is 25.2. The van der Waals surface area contributed by atoms with Crippen LogP contribution in [0.5, 0.6) is 0 Å². The molecule has 2 unspecified atom stereocenters. The molecule has 25 heavy (non-hydrogen) atoms. The summed E-state index contributed by atoms with van der Waals surface area (Å²) in [4.78, 5) is 9.57. The summed E-state index contributed by atoms with van der Waals surface area (Å²) in [6.07, 6.45) is 1.84. The maximum Gasteiger partial charge on any atom is 0.205 e. The third-order valence-corrected chi connectivity index (χ3v) is 4.43. The average Bonchev–Trinajstić information content (AvgIpc) is 2.59. The van der Waals surface area contributed by atoms with Crippen molar-refractivity contribution in [3.8, 4) is 0 Å². The zero-order valence-corrected chi connectivity index (χ0v) is 13.9. The van der Waals surface area contributed by atoms with Gasteiger partial charge in [-0.3, -0.25) is 5.32 Å². The molecule has 1 saturated heterocycles. The molecule has 0 saturated carbocycles. The zero-order valence-electron chi connectivity index (χ0n) is 13.9. The molecule has 2 atom stereocenters. The number of nitrogens with two attached hydrogens (primary N) is 1. The van der Waals surface area contributed by atoms with Crippen LogP contribution in [0.1, 0.15) is 18.4 Å². The van der Waals surface area contributed by atoms with Gasteiger partial charge in [0, 0.05) is 24.3 Å². The Balaban J connectivity index is 1.71. The molecule has 6 nitrogen and oxygen atoms in total. The van der Waals surface area contributed by atoms with Crippen molar-refractivity contribution in [1.82, 2.24) is 5.32 Å². The van der Waals surface area contributed by atoms with Gasteiger partial charge in [-0.25, -0.2) is 9.98 Å². The summed E-state index contributed by atoms with van der Waals surface area (Å²) in [5, 5.41) is 6.31. The molecule has 0 bridgehead atoms. The highest BCUT2D eigenvalue weighted by atomic mass is 16.5. The molecule has 2 aromatic rings. The Morgan fingerprint density at radius 2 is 1.76 bits per heavy atom. The number of guanidine groups is 2. The lowest BCUT2D eigenvalue weighted by molar-refractivity contribution is -0.0655. The molecular weight excluding hydrogens is 314 g/mol. The summed E-state index contributed by atoms with van der Waals surface area (Å²) < 4.78 is 5.65. The first-order valence-electron chi connectivity index (χ1n) is 8.45. The lowest BCUT2D eigenvalue weighted by Crippen LogP contribution is -2.49. The van der Waals surface area contributed by atoms with Crippen molar-refractivity contribution < 1.29 is 4.74 Å². The number of aliphatic imine (C=N–C) groups is 2. The summed E-state index contributed by atoms with van der Waals surface area (Å²) in [5.74, 6) is 0.929. The molecule has 2 aromatic carbocycles. The van der Waals surface area contributed by atoms with Crippen LogP contribution in [0, 0.1) is 0 Å². The molecule has 6 heteroatoms. The lowest BCUT2D eigenvalue weighted by Gasteiger charge is -2.37. The zero-order chi connectivity index (χ0) is 17.1. The van der Waals surface area contributed by atoms with Crippen LogP contribution in [0.2, 0.25) is 0 Å². The van der Waals surface area contributed by atoms with Crippen LogP contribution in [0.3, 0.4) is 0 Å². The number of para-hydroxylation sites is 1. The fourth-order valence-electron chi connectivity index (χ4n) is 3.11. The summed E-state index contributed by atoms with van der Waals surface area (Å²) in [6.45, 7) is 0.797. The van der Waals surface area contributed by atoms with Crippen molar-refractivity contribution in [2.24, 2.45) is 15.7 Å². The van der Waals surface area contributed by atoms with Crippen LogP contribution in [0.15, 0.2) is 70.6 Å². The Kier molecular flexibility index (Phi) is 4.11. The van der Waals surface area contributed by atoms with E-state index in [1.165, 1.54) is 0 Å². The molecule has 0 aliphatic carbocycles. The lowest BCUT2D eigenvalue weighted by atomic mass is 9.91. The number of hydrogen-bond acceptors (Lipinski definition) is 6. The van der Waals surface area contributed by atoms with E-state index in [1.807, 2.05) is 60.7 Å². The first kappa shape index (κ1) is 15.7. The van der Waals surface area contributed by atoms with Gasteiger partial charge in [0.2, 0.25) is 5.96 Å². The van der Waals surface area contributed by atoms with E-state index in [-0.39, 0.29) is 6.10 Å². The quantitative estimate of drug-likeness (QED) is 0.801. The molecule has 1 fully saturated rings. The predicted octanol–water partition coefficient (Wildman–Crippen LogP) is 2.40. The summed E-state index contributed by atoms with van der Waals surface area (Å²) in [5.41, 5.74) is 7.26. The van der Waals surface area contributed by atoms with Crippen LogP contribution in [0.4, 0.5) is 5.69 Å². The molecule has 0 spiro atoms. The minimum Gasteiger partial charge on any atom is -0.378 e. The Morgan fingerprint density at radius 1 is 1.08 bits per heavy atom. The predicted molar refractivity (Wildman–Crippen MR) is 99.4 cm³/mol.